The Kier molecular flexibility index (Phi) is 4.07. The van der Waals surface area contributed by atoms with E-state index >= 15 is 0 Å². The smallest absolute Gasteiger partial charge is 0.164 e. The van der Waals surface area contributed by atoms with Crippen LogP contribution in [0.1, 0.15) is 16.8 Å². The number of thiocarbonyl (C=S) groups is 1. The molecule has 1 rings (SSSR count). The standard InChI is InChI=1S/C10H12N2OS/c11-10(14)12-7-6-9(13)8-4-2-1-3-5-8/h1-5H,6-7H2,(H3,11,12,14). The van der Waals surface area contributed by atoms with E-state index in [-0.39, 0.29) is 10.9 Å². The molecule has 1 aromatic rings. The largest absolute Gasteiger partial charge is 0.376 e. The fraction of sp³-hybridized carbons (Fsp3) is 0.200. The molecule has 0 radical (unpaired) electrons. The molecule has 3 N–H and O–H groups in total. The average molecular weight is 208 g/mol. The van der Waals surface area contributed by atoms with Gasteiger partial charge in [0.15, 0.2) is 10.9 Å². The molecule has 0 saturated carbocycles. The molecule has 0 bridgehead atoms. The fourth-order valence-electron chi connectivity index (χ4n) is 1.07. The zero-order valence-electron chi connectivity index (χ0n) is 7.69. The van der Waals surface area contributed by atoms with Crippen molar-refractivity contribution in [1.82, 2.24) is 5.32 Å². The van der Waals surface area contributed by atoms with E-state index in [4.69, 9.17) is 5.73 Å². The molecule has 0 fully saturated rings. The van der Waals surface area contributed by atoms with Crippen molar-refractivity contribution in [2.24, 2.45) is 5.73 Å². The van der Waals surface area contributed by atoms with Crippen LogP contribution in [-0.4, -0.2) is 17.4 Å². The van der Waals surface area contributed by atoms with E-state index in [0.29, 0.717) is 13.0 Å². The number of benzene rings is 1. The van der Waals surface area contributed by atoms with Crippen LogP contribution >= 0.6 is 12.2 Å². The molecule has 0 unspecified atom stereocenters. The van der Waals surface area contributed by atoms with Crippen molar-refractivity contribution in [2.45, 2.75) is 6.42 Å². The number of hydrogen-bond donors (Lipinski definition) is 2. The minimum Gasteiger partial charge on any atom is -0.376 e. The molecule has 0 aromatic heterocycles. The van der Waals surface area contributed by atoms with Crippen molar-refractivity contribution in [3.05, 3.63) is 35.9 Å². The van der Waals surface area contributed by atoms with Gasteiger partial charge in [-0.05, 0) is 12.2 Å². The Bertz CT molecular complexity index is 324. The highest BCUT2D eigenvalue weighted by Gasteiger charge is 2.03. The van der Waals surface area contributed by atoms with Crippen molar-refractivity contribution in [2.75, 3.05) is 6.54 Å². The summed E-state index contributed by atoms with van der Waals surface area (Å²) in [6.07, 6.45) is 0.404. The summed E-state index contributed by atoms with van der Waals surface area (Å²) in [6, 6.07) is 9.15. The highest BCUT2D eigenvalue weighted by molar-refractivity contribution is 7.80. The molecule has 0 amide bonds. The molecule has 0 aliphatic rings. The average Bonchev–Trinajstić information content (AvgIpc) is 2.18. The van der Waals surface area contributed by atoms with Crippen molar-refractivity contribution < 1.29 is 4.79 Å². The number of rotatable bonds is 4. The van der Waals surface area contributed by atoms with Gasteiger partial charge in [-0.15, -0.1) is 0 Å². The Morgan fingerprint density at radius 1 is 1.36 bits per heavy atom. The number of ketones is 1. The molecule has 0 aliphatic carbocycles. The van der Waals surface area contributed by atoms with E-state index in [9.17, 15) is 4.79 Å². The molecular weight excluding hydrogens is 196 g/mol. The number of Topliss-reactive ketones (excluding diaryl/α,β-unsaturated/α-hetero) is 1. The lowest BCUT2D eigenvalue weighted by Gasteiger charge is -2.02. The van der Waals surface area contributed by atoms with E-state index in [1.807, 2.05) is 18.2 Å². The molecule has 0 aliphatic heterocycles. The maximum absolute atomic E-state index is 11.5. The molecule has 3 nitrogen and oxygen atoms in total. The Balaban J connectivity index is 2.40. The quantitative estimate of drug-likeness (QED) is 0.574. The highest BCUT2D eigenvalue weighted by Crippen LogP contribution is 2.01. The lowest BCUT2D eigenvalue weighted by atomic mass is 10.1. The summed E-state index contributed by atoms with van der Waals surface area (Å²) < 4.78 is 0. The van der Waals surface area contributed by atoms with Gasteiger partial charge in [-0.2, -0.15) is 0 Å². The fourth-order valence-corrected chi connectivity index (χ4v) is 1.17. The first-order valence-electron chi connectivity index (χ1n) is 4.31. The monoisotopic (exact) mass is 208 g/mol. The van der Waals surface area contributed by atoms with E-state index < -0.39 is 0 Å². The van der Waals surface area contributed by atoms with E-state index in [1.54, 1.807) is 12.1 Å². The Hall–Kier alpha value is -1.42. The maximum atomic E-state index is 11.5. The van der Waals surface area contributed by atoms with E-state index in [0.717, 1.165) is 5.56 Å². The van der Waals surface area contributed by atoms with Crippen molar-refractivity contribution in [3.8, 4) is 0 Å². The van der Waals surface area contributed by atoms with Gasteiger partial charge in [0.25, 0.3) is 0 Å². The second kappa shape index (κ2) is 5.34. The van der Waals surface area contributed by atoms with Gasteiger partial charge in [0.05, 0.1) is 0 Å². The Morgan fingerprint density at radius 3 is 2.57 bits per heavy atom. The zero-order chi connectivity index (χ0) is 10.4. The van der Waals surface area contributed by atoms with E-state index in [1.165, 1.54) is 0 Å². The van der Waals surface area contributed by atoms with Crippen LogP contribution in [-0.2, 0) is 0 Å². The summed E-state index contributed by atoms with van der Waals surface area (Å²) in [4.78, 5) is 11.5. The van der Waals surface area contributed by atoms with Crippen molar-refractivity contribution >= 4 is 23.1 Å². The van der Waals surface area contributed by atoms with Gasteiger partial charge in [0.2, 0.25) is 0 Å². The van der Waals surface area contributed by atoms with Gasteiger partial charge in [-0.1, -0.05) is 30.3 Å². The molecule has 0 saturated heterocycles. The SMILES string of the molecule is NC(=S)NCCC(=O)c1ccccc1. The predicted octanol–water partition coefficient (Wildman–Crippen LogP) is 1.09. The number of nitrogens with two attached hydrogens (primary N) is 1. The van der Waals surface area contributed by atoms with Crippen LogP contribution in [0.15, 0.2) is 30.3 Å². The van der Waals surface area contributed by atoms with Crippen LogP contribution < -0.4 is 11.1 Å². The van der Waals surface area contributed by atoms with Gasteiger partial charge < -0.3 is 11.1 Å². The third kappa shape index (κ3) is 3.53. The summed E-state index contributed by atoms with van der Waals surface area (Å²) in [5.41, 5.74) is 5.95. The molecule has 1 aromatic carbocycles. The molecule has 0 spiro atoms. The lowest BCUT2D eigenvalue weighted by Crippen LogP contribution is -2.30. The molecule has 0 heterocycles. The molecular formula is C10H12N2OS. The minimum atomic E-state index is 0.0920. The van der Waals surface area contributed by atoms with Crippen LogP contribution in [0.3, 0.4) is 0 Å². The van der Waals surface area contributed by atoms with Crippen LogP contribution in [0.5, 0.6) is 0 Å². The summed E-state index contributed by atoms with van der Waals surface area (Å²) in [7, 11) is 0. The van der Waals surface area contributed by atoms with Gasteiger partial charge in [-0.25, -0.2) is 0 Å². The second-order valence-electron chi connectivity index (χ2n) is 2.83. The summed E-state index contributed by atoms with van der Waals surface area (Å²) in [6.45, 7) is 0.489. The maximum Gasteiger partial charge on any atom is 0.164 e. The van der Waals surface area contributed by atoms with Crippen molar-refractivity contribution in [1.29, 1.82) is 0 Å². The van der Waals surface area contributed by atoms with E-state index in [2.05, 4.69) is 17.5 Å². The third-order valence-corrected chi connectivity index (χ3v) is 1.89. The lowest BCUT2D eigenvalue weighted by molar-refractivity contribution is 0.0984. The minimum absolute atomic E-state index is 0.0920. The normalized spacial score (nSPS) is 9.43. The van der Waals surface area contributed by atoms with Gasteiger partial charge >= 0.3 is 0 Å². The van der Waals surface area contributed by atoms with Crippen LogP contribution in [0.4, 0.5) is 0 Å². The first-order chi connectivity index (χ1) is 6.70. The topological polar surface area (TPSA) is 55.1 Å². The van der Waals surface area contributed by atoms with Crippen molar-refractivity contribution in [3.63, 3.8) is 0 Å². The number of carbonyl (C=O) groups excluding carboxylic acids is 1. The van der Waals surface area contributed by atoms with Crippen LogP contribution in [0.2, 0.25) is 0 Å². The van der Waals surface area contributed by atoms with Gasteiger partial charge in [-0.3, -0.25) is 4.79 Å². The third-order valence-electron chi connectivity index (χ3n) is 1.75. The summed E-state index contributed by atoms with van der Waals surface area (Å²) >= 11 is 4.62. The Labute approximate surface area is 88.3 Å². The summed E-state index contributed by atoms with van der Waals surface area (Å²) in [5.74, 6) is 0.0920. The number of carbonyl (C=O) groups is 1. The van der Waals surface area contributed by atoms with Gasteiger partial charge in [0.1, 0.15) is 0 Å². The molecule has 14 heavy (non-hydrogen) atoms. The molecule has 0 atom stereocenters. The first-order valence-corrected chi connectivity index (χ1v) is 4.72. The van der Waals surface area contributed by atoms with Crippen LogP contribution in [0.25, 0.3) is 0 Å². The Morgan fingerprint density at radius 2 is 2.00 bits per heavy atom. The number of nitrogens with one attached hydrogen (secondary N) is 1. The van der Waals surface area contributed by atoms with Crippen LogP contribution in [0, 0.1) is 0 Å². The highest BCUT2D eigenvalue weighted by atomic mass is 32.1. The second-order valence-corrected chi connectivity index (χ2v) is 3.27. The predicted molar refractivity (Wildman–Crippen MR) is 60.2 cm³/mol. The number of hydrogen-bond acceptors (Lipinski definition) is 2. The first kappa shape index (κ1) is 10.7. The zero-order valence-corrected chi connectivity index (χ0v) is 8.51. The molecule has 4 heteroatoms. The molecule has 74 valence electrons. The summed E-state index contributed by atoms with van der Waals surface area (Å²) in [5, 5.41) is 2.96. The van der Waals surface area contributed by atoms with Gasteiger partial charge in [0, 0.05) is 18.5 Å².